The van der Waals surface area contributed by atoms with E-state index in [1.165, 1.54) is 12.3 Å². The molecule has 0 saturated carbocycles. The Hall–Kier alpha value is -3.62. The first-order valence-corrected chi connectivity index (χ1v) is 9.98. The molecule has 1 N–H and O–H groups in total. The highest BCUT2D eigenvalue weighted by molar-refractivity contribution is 6.05. The van der Waals surface area contributed by atoms with Crippen molar-refractivity contribution < 1.29 is 18.3 Å². The van der Waals surface area contributed by atoms with Gasteiger partial charge >= 0.3 is 6.01 Å². The number of rotatable bonds is 10. The van der Waals surface area contributed by atoms with Gasteiger partial charge in [0.15, 0.2) is 6.61 Å². The first kappa shape index (κ1) is 24.6. The zero-order chi connectivity index (χ0) is 23.7. The summed E-state index contributed by atoms with van der Waals surface area (Å²) in [5.74, 6) is 0.114. The van der Waals surface area contributed by atoms with E-state index in [1.54, 1.807) is 24.5 Å². The number of aromatic nitrogens is 3. The Labute approximate surface area is 186 Å². The number of nitrogens with zero attached hydrogens (tertiary/aromatic N) is 4. The molecule has 0 bridgehead atoms. The second-order valence-corrected chi connectivity index (χ2v) is 7.00. The molecule has 2 heterocycles. The quantitative estimate of drug-likeness (QED) is 0.435. The van der Waals surface area contributed by atoms with E-state index in [2.05, 4.69) is 26.8 Å². The van der Waals surface area contributed by atoms with Crippen LogP contribution in [0, 0.1) is 6.92 Å². The maximum Gasteiger partial charge on any atom is 0.317 e. The second-order valence-electron chi connectivity index (χ2n) is 7.00. The van der Waals surface area contributed by atoms with Gasteiger partial charge in [0.05, 0.1) is 11.3 Å². The van der Waals surface area contributed by atoms with Crippen LogP contribution in [0.15, 0.2) is 49.0 Å². The lowest BCUT2D eigenvalue weighted by atomic mass is 10.1. The van der Waals surface area contributed by atoms with Crippen LogP contribution in [0.25, 0.3) is 11.6 Å². The molecular formula is C23H27F2N5O2. The summed E-state index contributed by atoms with van der Waals surface area (Å²) in [5, 5.41) is 2.77. The molecule has 7 nitrogen and oxygen atoms in total. The number of allylic oxidation sites excluding steroid dienone is 1. The topological polar surface area (TPSA) is 80.2 Å². The number of aryl methyl sites for hydroxylation is 1. The fourth-order valence-corrected chi connectivity index (χ4v) is 2.58. The largest absolute Gasteiger partial charge is 0.457 e. The van der Waals surface area contributed by atoms with Crippen LogP contribution in [-0.4, -0.2) is 52.4 Å². The number of halogens is 2. The van der Waals surface area contributed by atoms with Gasteiger partial charge in [0.1, 0.15) is 5.82 Å². The summed E-state index contributed by atoms with van der Waals surface area (Å²) >= 11 is 0. The summed E-state index contributed by atoms with van der Waals surface area (Å²) < 4.78 is 29.5. The smallest absolute Gasteiger partial charge is 0.317 e. The van der Waals surface area contributed by atoms with Gasteiger partial charge in [-0.25, -0.2) is 18.7 Å². The van der Waals surface area contributed by atoms with Crippen molar-refractivity contribution in [3.05, 3.63) is 65.8 Å². The van der Waals surface area contributed by atoms with Gasteiger partial charge in [-0.2, -0.15) is 4.98 Å². The van der Waals surface area contributed by atoms with Crippen molar-refractivity contribution >= 4 is 23.4 Å². The van der Waals surface area contributed by atoms with Crippen molar-refractivity contribution in [1.29, 1.82) is 0 Å². The van der Waals surface area contributed by atoms with E-state index in [-0.39, 0.29) is 11.9 Å². The molecule has 0 atom stereocenters. The van der Waals surface area contributed by atoms with Crippen LogP contribution >= 0.6 is 0 Å². The minimum absolute atomic E-state index is 0.108. The van der Waals surface area contributed by atoms with E-state index in [1.807, 2.05) is 38.8 Å². The van der Waals surface area contributed by atoms with Crippen LogP contribution in [0.4, 0.5) is 14.6 Å². The van der Waals surface area contributed by atoms with E-state index in [0.29, 0.717) is 17.1 Å². The number of amides is 1. The van der Waals surface area contributed by atoms with Crippen molar-refractivity contribution in [2.24, 2.45) is 0 Å². The van der Waals surface area contributed by atoms with Gasteiger partial charge in [0.2, 0.25) is 0 Å². The maximum atomic E-state index is 12.5. The molecule has 0 aromatic carbocycles. The monoisotopic (exact) mass is 443 g/mol. The Morgan fingerprint density at radius 3 is 2.75 bits per heavy atom. The van der Waals surface area contributed by atoms with E-state index in [0.717, 1.165) is 23.2 Å². The molecule has 1 amide bonds. The number of hydrogen-bond acceptors (Lipinski definition) is 6. The molecule has 2 rings (SSSR count). The van der Waals surface area contributed by atoms with Crippen molar-refractivity contribution in [3.63, 3.8) is 0 Å². The molecular weight excluding hydrogens is 416 g/mol. The molecule has 0 fully saturated rings. The highest BCUT2D eigenvalue weighted by Gasteiger charge is 2.10. The third-order valence-electron chi connectivity index (χ3n) is 4.48. The fraction of sp³-hybridized carbons (Fsp3) is 0.304. The number of carbonyl (C=O) groups is 1. The predicted molar refractivity (Wildman–Crippen MR) is 121 cm³/mol. The molecule has 32 heavy (non-hydrogen) atoms. The number of hydrogen-bond donors (Lipinski definition) is 1. The van der Waals surface area contributed by atoms with Crippen LogP contribution in [0.2, 0.25) is 0 Å². The molecule has 0 saturated heterocycles. The molecule has 0 unspecified atom stereocenters. The summed E-state index contributed by atoms with van der Waals surface area (Å²) in [6, 6.07) is 3.32. The molecule has 0 aliphatic carbocycles. The normalized spacial score (nSPS) is 12.0. The first-order valence-electron chi connectivity index (χ1n) is 9.98. The van der Waals surface area contributed by atoms with Crippen LogP contribution in [0.5, 0.6) is 6.01 Å². The van der Waals surface area contributed by atoms with E-state index in [9.17, 15) is 13.6 Å². The highest BCUT2D eigenvalue weighted by atomic mass is 19.3. The van der Waals surface area contributed by atoms with Crippen molar-refractivity contribution in [1.82, 2.24) is 19.9 Å². The van der Waals surface area contributed by atoms with Gasteiger partial charge in [0, 0.05) is 32.2 Å². The number of carbonyl (C=O) groups excluding carboxylic acids is 1. The minimum Gasteiger partial charge on any atom is -0.457 e. The SMILES string of the molecule is C=C/C(=C\N(C)CC)C(=O)Nc1cc(C)c(/C=C(\C)c2ccnc(OCC(F)F)n2)cn1. The average molecular weight is 443 g/mol. The van der Waals surface area contributed by atoms with Crippen LogP contribution < -0.4 is 10.1 Å². The molecule has 170 valence electrons. The summed E-state index contributed by atoms with van der Waals surface area (Å²) in [6.45, 7) is 9.39. The molecule has 9 heteroatoms. The number of anilines is 1. The van der Waals surface area contributed by atoms with Gasteiger partial charge in [0.25, 0.3) is 12.3 Å². The summed E-state index contributed by atoms with van der Waals surface area (Å²) in [5.41, 5.74) is 3.45. The van der Waals surface area contributed by atoms with Crippen LogP contribution in [-0.2, 0) is 4.79 Å². The molecule has 0 radical (unpaired) electrons. The molecule has 0 spiro atoms. The van der Waals surface area contributed by atoms with E-state index < -0.39 is 13.0 Å². The molecule has 2 aromatic heterocycles. The predicted octanol–water partition coefficient (Wildman–Crippen LogP) is 4.34. The maximum absolute atomic E-state index is 12.5. The van der Waals surface area contributed by atoms with Gasteiger partial charge < -0.3 is 15.0 Å². The number of alkyl halides is 2. The Bertz CT molecular complexity index is 1020. The summed E-state index contributed by atoms with van der Waals surface area (Å²) in [7, 11) is 1.87. The van der Waals surface area contributed by atoms with Gasteiger partial charge in [-0.15, -0.1) is 0 Å². The number of ether oxygens (including phenoxy) is 1. The fourth-order valence-electron chi connectivity index (χ4n) is 2.58. The Balaban J connectivity index is 2.17. The highest BCUT2D eigenvalue weighted by Crippen LogP contribution is 2.21. The van der Waals surface area contributed by atoms with Gasteiger partial charge in [-0.05, 0) is 55.7 Å². The standard InChI is InChI=1S/C23H27F2N5O2/c1-6-17(13-30(5)7-2)22(31)29-21-11-15(3)18(12-27-21)10-16(4)19-8-9-26-23(28-19)32-14-20(24)25/h6,8-13,20H,1,7,14H2,2-5H3,(H,27,29,31)/b16-10+,17-13+. The zero-order valence-corrected chi connectivity index (χ0v) is 18.6. The van der Waals surface area contributed by atoms with Crippen LogP contribution in [0.1, 0.15) is 30.7 Å². The molecule has 0 aliphatic heterocycles. The number of nitrogens with one attached hydrogen (secondary N) is 1. The number of pyridine rings is 1. The third kappa shape index (κ3) is 7.26. The summed E-state index contributed by atoms with van der Waals surface area (Å²) in [6.07, 6.45) is 5.56. The first-order chi connectivity index (χ1) is 15.2. The molecule has 0 aliphatic rings. The lowest BCUT2D eigenvalue weighted by Gasteiger charge is -2.13. The lowest BCUT2D eigenvalue weighted by molar-refractivity contribution is -0.112. The lowest BCUT2D eigenvalue weighted by Crippen LogP contribution is -2.18. The minimum atomic E-state index is -2.60. The average Bonchev–Trinajstić information content (AvgIpc) is 2.77. The second kappa shape index (κ2) is 11.7. The van der Waals surface area contributed by atoms with Gasteiger partial charge in [-0.1, -0.05) is 12.7 Å². The van der Waals surface area contributed by atoms with Gasteiger partial charge in [-0.3, -0.25) is 4.79 Å². The molecule has 2 aromatic rings. The van der Waals surface area contributed by atoms with E-state index in [4.69, 9.17) is 4.74 Å². The zero-order valence-electron chi connectivity index (χ0n) is 18.6. The third-order valence-corrected chi connectivity index (χ3v) is 4.48. The van der Waals surface area contributed by atoms with Crippen LogP contribution in [0.3, 0.4) is 0 Å². The summed E-state index contributed by atoms with van der Waals surface area (Å²) in [4.78, 5) is 26.7. The van der Waals surface area contributed by atoms with Crippen molar-refractivity contribution in [2.45, 2.75) is 27.2 Å². The van der Waals surface area contributed by atoms with E-state index >= 15 is 0 Å². The van der Waals surface area contributed by atoms with Crippen molar-refractivity contribution in [3.8, 4) is 6.01 Å². The Kier molecular flexibility index (Phi) is 9.00. The Morgan fingerprint density at radius 2 is 2.12 bits per heavy atom. The van der Waals surface area contributed by atoms with Crippen molar-refractivity contribution in [2.75, 3.05) is 25.5 Å². The Morgan fingerprint density at radius 1 is 1.38 bits per heavy atom.